The lowest BCUT2D eigenvalue weighted by Crippen LogP contribution is -2.32. The SMILES string of the molecule is CCCC1CC1NCC(F)(F)c1ccccc1. The predicted octanol–water partition coefficient (Wildman–Crippen LogP) is 3.56. The molecular formula is C14H19F2N. The van der Waals surface area contributed by atoms with Gasteiger partial charge in [-0.25, -0.2) is 0 Å². The Kier molecular flexibility index (Phi) is 3.77. The molecular weight excluding hydrogens is 220 g/mol. The maximum Gasteiger partial charge on any atom is 0.285 e. The second-order valence-corrected chi connectivity index (χ2v) is 4.84. The van der Waals surface area contributed by atoms with Crippen molar-refractivity contribution in [1.82, 2.24) is 5.32 Å². The van der Waals surface area contributed by atoms with E-state index in [-0.39, 0.29) is 12.1 Å². The molecule has 2 unspecified atom stereocenters. The minimum Gasteiger partial charge on any atom is -0.308 e. The van der Waals surface area contributed by atoms with Crippen LogP contribution in [0.4, 0.5) is 8.78 Å². The highest BCUT2D eigenvalue weighted by atomic mass is 19.3. The Balaban J connectivity index is 1.83. The van der Waals surface area contributed by atoms with Gasteiger partial charge in [-0.05, 0) is 18.8 Å². The topological polar surface area (TPSA) is 12.0 Å². The van der Waals surface area contributed by atoms with E-state index >= 15 is 0 Å². The van der Waals surface area contributed by atoms with Crippen molar-refractivity contribution in [3.8, 4) is 0 Å². The summed E-state index contributed by atoms with van der Waals surface area (Å²) in [6.07, 6.45) is 3.34. The van der Waals surface area contributed by atoms with Gasteiger partial charge in [0.2, 0.25) is 0 Å². The third-order valence-corrected chi connectivity index (χ3v) is 3.36. The zero-order valence-electron chi connectivity index (χ0n) is 10.1. The highest BCUT2D eigenvalue weighted by molar-refractivity contribution is 5.20. The average molecular weight is 239 g/mol. The third-order valence-electron chi connectivity index (χ3n) is 3.36. The summed E-state index contributed by atoms with van der Waals surface area (Å²) in [5.41, 5.74) is 0.0974. The first-order valence-electron chi connectivity index (χ1n) is 6.30. The van der Waals surface area contributed by atoms with E-state index in [2.05, 4.69) is 12.2 Å². The molecule has 3 heteroatoms. The summed E-state index contributed by atoms with van der Waals surface area (Å²) in [5, 5.41) is 2.98. The van der Waals surface area contributed by atoms with Gasteiger partial charge in [-0.3, -0.25) is 0 Å². The highest BCUT2D eigenvalue weighted by Crippen LogP contribution is 2.36. The summed E-state index contributed by atoms with van der Waals surface area (Å²) in [6.45, 7) is 1.88. The molecule has 2 atom stereocenters. The van der Waals surface area contributed by atoms with E-state index in [9.17, 15) is 8.78 Å². The first-order chi connectivity index (χ1) is 8.13. The summed E-state index contributed by atoms with van der Waals surface area (Å²) in [7, 11) is 0. The molecule has 1 fully saturated rings. The van der Waals surface area contributed by atoms with Gasteiger partial charge in [0.15, 0.2) is 0 Å². The molecule has 0 aromatic heterocycles. The predicted molar refractivity (Wildman–Crippen MR) is 65.1 cm³/mol. The van der Waals surface area contributed by atoms with Gasteiger partial charge in [0.25, 0.3) is 5.92 Å². The number of hydrogen-bond acceptors (Lipinski definition) is 1. The van der Waals surface area contributed by atoms with Crippen LogP contribution >= 0.6 is 0 Å². The quantitative estimate of drug-likeness (QED) is 0.800. The van der Waals surface area contributed by atoms with E-state index in [0.29, 0.717) is 12.0 Å². The Morgan fingerprint density at radius 2 is 2.00 bits per heavy atom. The Morgan fingerprint density at radius 1 is 1.29 bits per heavy atom. The summed E-state index contributed by atoms with van der Waals surface area (Å²) in [4.78, 5) is 0. The monoisotopic (exact) mass is 239 g/mol. The van der Waals surface area contributed by atoms with Crippen LogP contribution in [0.5, 0.6) is 0 Å². The molecule has 1 aliphatic rings. The van der Waals surface area contributed by atoms with Gasteiger partial charge in [0.05, 0.1) is 6.54 Å². The molecule has 0 bridgehead atoms. The smallest absolute Gasteiger partial charge is 0.285 e. The maximum absolute atomic E-state index is 13.8. The molecule has 17 heavy (non-hydrogen) atoms. The van der Waals surface area contributed by atoms with Crippen molar-refractivity contribution in [2.24, 2.45) is 5.92 Å². The first-order valence-corrected chi connectivity index (χ1v) is 6.30. The van der Waals surface area contributed by atoms with Crippen LogP contribution in [0.3, 0.4) is 0 Å². The number of nitrogens with one attached hydrogen (secondary N) is 1. The lowest BCUT2D eigenvalue weighted by molar-refractivity contribution is -0.00380. The van der Waals surface area contributed by atoms with Crippen molar-refractivity contribution in [2.45, 2.75) is 38.2 Å². The van der Waals surface area contributed by atoms with E-state index in [1.807, 2.05) is 0 Å². The van der Waals surface area contributed by atoms with Gasteiger partial charge in [0, 0.05) is 11.6 Å². The van der Waals surface area contributed by atoms with E-state index in [1.54, 1.807) is 18.2 Å². The van der Waals surface area contributed by atoms with Crippen molar-refractivity contribution in [3.05, 3.63) is 35.9 Å². The Morgan fingerprint density at radius 3 is 2.65 bits per heavy atom. The summed E-state index contributed by atoms with van der Waals surface area (Å²) in [5.74, 6) is -2.15. The normalized spacial score (nSPS) is 23.7. The van der Waals surface area contributed by atoms with Gasteiger partial charge in [0.1, 0.15) is 0 Å². The van der Waals surface area contributed by atoms with Gasteiger partial charge >= 0.3 is 0 Å². The van der Waals surface area contributed by atoms with Crippen molar-refractivity contribution in [2.75, 3.05) is 6.54 Å². The third kappa shape index (κ3) is 3.25. The fourth-order valence-corrected chi connectivity index (χ4v) is 2.23. The van der Waals surface area contributed by atoms with Crippen LogP contribution in [0, 0.1) is 5.92 Å². The fraction of sp³-hybridized carbons (Fsp3) is 0.571. The molecule has 1 saturated carbocycles. The molecule has 1 aromatic carbocycles. The van der Waals surface area contributed by atoms with Crippen LogP contribution in [0.15, 0.2) is 30.3 Å². The van der Waals surface area contributed by atoms with Gasteiger partial charge in [-0.1, -0.05) is 43.7 Å². The molecule has 94 valence electrons. The highest BCUT2D eigenvalue weighted by Gasteiger charge is 2.39. The van der Waals surface area contributed by atoms with Crippen LogP contribution in [0.2, 0.25) is 0 Å². The average Bonchev–Trinajstić information content (AvgIpc) is 3.07. The molecule has 2 rings (SSSR count). The minimum atomic E-state index is -2.76. The molecule has 0 amide bonds. The van der Waals surface area contributed by atoms with E-state index in [0.717, 1.165) is 19.3 Å². The number of hydrogen-bond donors (Lipinski definition) is 1. The van der Waals surface area contributed by atoms with Gasteiger partial charge in [-0.2, -0.15) is 8.78 Å². The molecule has 1 aromatic rings. The first kappa shape index (κ1) is 12.5. The van der Waals surface area contributed by atoms with Crippen LogP contribution in [-0.4, -0.2) is 12.6 Å². The number of benzene rings is 1. The largest absolute Gasteiger partial charge is 0.308 e. The Bertz CT molecular complexity index is 350. The molecule has 0 radical (unpaired) electrons. The van der Waals surface area contributed by atoms with Crippen LogP contribution in [0.25, 0.3) is 0 Å². The van der Waals surface area contributed by atoms with Gasteiger partial charge < -0.3 is 5.32 Å². The second-order valence-electron chi connectivity index (χ2n) is 4.84. The maximum atomic E-state index is 13.8. The zero-order valence-corrected chi connectivity index (χ0v) is 10.1. The van der Waals surface area contributed by atoms with Crippen molar-refractivity contribution < 1.29 is 8.78 Å². The van der Waals surface area contributed by atoms with Gasteiger partial charge in [-0.15, -0.1) is 0 Å². The molecule has 1 aliphatic carbocycles. The number of halogens is 2. The summed E-state index contributed by atoms with van der Waals surface area (Å²) >= 11 is 0. The van der Waals surface area contributed by atoms with Crippen LogP contribution in [-0.2, 0) is 5.92 Å². The molecule has 0 saturated heterocycles. The van der Waals surface area contributed by atoms with Crippen LogP contribution in [0.1, 0.15) is 31.7 Å². The van der Waals surface area contributed by atoms with Crippen molar-refractivity contribution in [3.63, 3.8) is 0 Å². The number of alkyl halides is 2. The van der Waals surface area contributed by atoms with Crippen LogP contribution < -0.4 is 5.32 Å². The summed E-state index contributed by atoms with van der Waals surface area (Å²) < 4.78 is 27.6. The minimum absolute atomic E-state index is 0.0974. The molecule has 0 aliphatic heterocycles. The zero-order chi connectivity index (χ0) is 12.3. The lowest BCUT2D eigenvalue weighted by Gasteiger charge is -2.17. The molecule has 0 heterocycles. The molecule has 1 N–H and O–H groups in total. The molecule has 0 spiro atoms. The van der Waals surface area contributed by atoms with Crippen molar-refractivity contribution in [1.29, 1.82) is 0 Å². The Hall–Kier alpha value is -0.960. The van der Waals surface area contributed by atoms with Crippen molar-refractivity contribution >= 4 is 0 Å². The standard InChI is InChI=1S/C14H19F2N/c1-2-6-11-9-13(11)17-10-14(15,16)12-7-4-3-5-8-12/h3-5,7-8,11,13,17H,2,6,9-10H2,1H3. The Labute approximate surface area is 101 Å². The van der Waals surface area contributed by atoms with E-state index in [4.69, 9.17) is 0 Å². The second kappa shape index (κ2) is 5.13. The lowest BCUT2D eigenvalue weighted by atomic mass is 10.1. The summed E-state index contributed by atoms with van der Waals surface area (Å²) in [6, 6.07) is 8.34. The van der Waals surface area contributed by atoms with E-state index in [1.165, 1.54) is 12.1 Å². The molecule has 1 nitrogen and oxygen atoms in total. The van der Waals surface area contributed by atoms with E-state index < -0.39 is 5.92 Å². The number of rotatable bonds is 6. The fourth-order valence-electron chi connectivity index (χ4n) is 2.23.